The Kier molecular flexibility index (Phi) is 10.1. The minimum atomic E-state index is -0.0768. The van der Waals surface area contributed by atoms with E-state index in [1.165, 1.54) is 0 Å². The van der Waals surface area contributed by atoms with Gasteiger partial charge in [-0.25, -0.2) is 0 Å². The van der Waals surface area contributed by atoms with Crippen LogP contribution in [0.3, 0.4) is 0 Å². The lowest BCUT2D eigenvalue weighted by molar-refractivity contribution is -0.124. The van der Waals surface area contributed by atoms with Crippen LogP contribution in [0.2, 0.25) is 0 Å². The van der Waals surface area contributed by atoms with Gasteiger partial charge in [0.05, 0.1) is 24.1 Å². The van der Waals surface area contributed by atoms with Crippen LogP contribution in [0.25, 0.3) is 0 Å². The Balaban J connectivity index is 1.68. The number of carbonyl (C=O) groups is 1. The van der Waals surface area contributed by atoms with Gasteiger partial charge in [0.25, 0.3) is 0 Å². The predicted molar refractivity (Wildman–Crippen MR) is 128 cm³/mol. The standard InChI is InChI=1S/C24H42ClN5O2/c1-4-32-22-13-20-19(12-21(22)29-23(31)9-6-10-30(2)3)24(16(14-26)15-27-20)28-18-8-5-7-17(25)11-18/h16-22,24,27-28H,4-13,15H2,1-3H3,(H,29,31). The van der Waals surface area contributed by atoms with Gasteiger partial charge in [0.2, 0.25) is 5.91 Å². The highest BCUT2D eigenvalue weighted by atomic mass is 35.5. The van der Waals surface area contributed by atoms with Gasteiger partial charge in [-0.15, -0.1) is 11.6 Å². The van der Waals surface area contributed by atoms with Crippen LogP contribution in [0.15, 0.2) is 0 Å². The third-order valence-electron chi connectivity index (χ3n) is 7.41. The molecule has 1 aliphatic heterocycles. The van der Waals surface area contributed by atoms with Crippen LogP contribution in [-0.2, 0) is 9.53 Å². The van der Waals surface area contributed by atoms with Crippen molar-refractivity contribution in [3.63, 3.8) is 0 Å². The van der Waals surface area contributed by atoms with E-state index in [0.717, 1.165) is 51.5 Å². The Hall–Kier alpha value is -0.910. The predicted octanol–water partition coefficient (Wildman–Crippen LogP) is 2.25. The highest BCUT2D eigenvalue weighted by Gasteiger charge is 2.47. The normalized spacial score (nSPS) is 37.5. The molecule has 8 heteroatoms. The maximum Gasteiger partial charge on any atom is 0.220 e. The van der Waals surface area contributed by atoms with Crippen LogP contribution in [0, 0.1) is 23.2 Å². The molecule has 3 fully saturated rings. The van der Waals surface area contributed by atoms with Crippen LogP contribution in [0.5, 0.6) is 0 Å². The first-order chi connectivity index (χ1) is 15.4. The summed E-state index contributed by atoms with van der Waals surface area (Å²) in [6.45, 7) is 4.25. The molecule has 1 amide bonds. The van der Waals surface area contributed by atoms with Gasteiger partial charge in [0.15, 0.2) is 0 Å². The van der Waals surface area contributed by atoms with E-state index >= 15 is 0 Å². The minimum Gasteiger partial charge on any atom is -0.376 e. The SMILES string of the molecule is CCOC1CC2NCC(C#N)C(NC3CCCC(Cl)C3)C2CC1NC(=O)CCCN(C)C. The van der Waals surface area contributed by atoms with Crippen molar-refractivity contribution < 1.29 is 9.53 Å². The molecule has 8 atom stereocenters. The Morgan fingerprint density at radius 3 is 2.78 bits per heavy atom. The summed E-state index contributed by atoms with van der Waals surface area (Å²) in [6, 6.07) is 3.31. The average Bonchev–Trinajstić information content (AvgIpc) is 2.74. The van der Waals surface area contributed by atoms with Crippen LogP contribution < -0.4 is 16.0 Å². The Morgan fingerprint density at radius 2 is 2.09 bits per heavy atom. The van der Waals surface area contributed by atoms with Crippen molar-refractivity contribution in [3.8, 4) is 6.07 Å². The first-order valence-corrected chi connectivity index (χ1v) is 12.9. The van der Waals surface area contributed by atoms with E-state index in [-0.39, 0.29) is 41.3 Å². The molecule has 0 aromatic carbocycles. The number of fused-ring (bicyclic) bond motifs is 1. The number of amides is 1. The van der Waals surface area contributed by atoms with Gasteiger partial charge in [-0.3, -0.25) is 4.79 Å². The van der Waals surface area contributed by atoms with Crippen molar-refractivity contribution in [2.75, 3.05) is 33.8 Å². The topological polar surface area (TPSA) is 89.4 Å². The summed E-state index contributed by atoms with van der Waals surface area (Å²) in [6.07, 6.45) is 7.38. The molecular weight excluding hydrogens is 426 g/mol. The lowest BCUT2D eigenvalue weighted by atomic mass is 9.69. The van der Waals surface area contributed by atoms with Gasteiger partial charge < -0.3 is 25.6 Å². The number of ether oxygens (including phenoxy) is 1. The zero-order chi connectivity index (χ0) is 23.1. The van der Waals surface area contributed by atoms with E-state index in [1.54, 1.807) is 0 Å². The number of hydrogen-bond acceptors (Lipinski definition) is 6. The van der Waals surface area contributed by atoms with Crippen LogP contribution in [0.4, 0.5) is 0 Å². The maximum absolute atomic E-state index is 12.7. The highest BCUT2D eigenvalue weighted by molar-refractivity contribution is 6.20. The fourth-order valence-electron chi connectivity index (χ4n) is 5.84. The average molecular weight is 468 g/mol. The largest absolute Gasteiger partial charge is 0.376 e. The van der Waals surface area contributed by atoms with Gasteiger partial charge in [0.1, 0.15) is 0 Å². The summed E-state index contributed by atoms with van der Waals surface area (Å²) in [4.78, 5) is 14.8. The van der Waals surface area contributed by atoms with E-state index in [1.807, 2.05) is 21.0 Å². The number of rotatable bonds is 9. The molecule has 0 radical (unpaired) electrons. The summed E-state index contributed by atoms with van der Waals surface area (Å²) in [5.41, 5.74) is 0. The number of nitriles is 1. The summed E-state index contributed by atoms with van der Waals surface area (Å²) >= 11 is 6.45. The zero-order valence-corrected chi connectivity index (χ0v) is 20.7. The van der Waals surface area contributed by atoms with E-state index in [9.17, 15) is 10.1 Å². The molecule has 32 heavy (non-hydrogen) atoms. The third kappa shape index (κ3) is 7.04. The molecule has 0 aromatic rings. The van der Waals surface area contributed by atoms with Gasteiger partial charge in [-0.1, -0.05) is 6.42 Å². The third-order valence-corrected chi connectivity index (χ3v) is 7.81. The molecule has 7 nitrogen and oxygen atoms in total. The fraction of sp³-hybridized carbons (Fsp3) is 0.917. The number of piperidine rings is 1. The molecule has 3 rings (SSSR count). The van der Waals surface area contributed by atoms with E-state index in [2.05, 4.69) is 26.9 Å². The van der Waals surface area contributed by atoms with Crippen LogP contribution >= 0.6 is 11.6 Å². The monoisotopic (exact) mass is 467 g/mol. The van der Waals surface area contributed by atoms with Gasteiger partial charge >= 0.3 is 0 Å². The van der Waals surface area contributed by atoms with Crippen LogP contribution in [-0.4, -0.2) is 80.2 Å². The fourth-order valence-corrected chi connectivity index (χ4v) is 6.21. The number of nitrogens with zero attached hydrogens (tertiary/aromatic N) is 2. The number of hydrogen-bond donors (Lipinski definition) is 3. The van der Waals surface area contributed by atoms with Crippen molar-refractivity contribution in [2.24, 2.45) is 11.8 Å². The lowest BCUT2D eigenvalue weighted by Crippen LogP contribution is -2.66. The molecule has 2 saturated carbocycles. The van der Waals surface area contributed by atoms with Crippen molar-refractivity contribution in [1.29, 1.82) is 5.26 Å². The second-order valence-corrected chi connectivity index (χ2v) is 10.7. The maximum atomic E-state index is 12.7. The summed E-state index contributed by atoms with van der Waals surface area (Å²) in [7, 11) is 4.05. The second kappa shape index (κ2) is 12.5. The van der Waals surface area contributed by atoms with Gasteiger partial charge in [0, 0.05) is 43.1 Å². The zero-order valence-electron chi connectivity index (χ0n) is 20.0. The first-order valence-electron chi connectivity index (χ1n) is 12.5. The molecule has 1 saturated heterocycles. The Labute approximate surface area is 198 Å². The van der Waals surface area contributed by atoms with Crippen molar-refractivity contribution in [1.82, 2.24) is 20.9 Å². The summed E-state index contributed by atoms with van der Waals surface area (Å²) in [5, 5.41) is 20.8. The second-order valence-electron chi connectivity index (χ2n) is 10.1. The number of carbonyl (C=O) groups excluding carboxylic acids is 1. The molecule has 182 valence electrons. The number of alkyl halides is 1. The van der Waals surface area contributed by atoms with Gasteiger partial charge in [-0.2, -0.15) is 5.26 Å². The molecule has 1 heterocycles. The lowest BCUT2D eigenvalue weighted by Gasteiger charge is -2.50. The molecule has 3 N–H and O–H groups in total. The minimum absolute atomic E-state index is 0.00716. The highest BCUT2D eigenvalue weighted by Crippen LogP contribution is 2.36. The molecule has 3 aliphatic rings. The molecule has 2 aliphatic carbocycles. The van der Waals surface area contributed by atoms with E-state index in [4.69, 9.17) is 16.3 Å². The molecule has 8 unspecified atom stereocenters. The molecule has 0 spiro atoms. The van der Waals surface area contributed by atoms with Gasteiger partial charge in [-0.05, 0) is 72.0 Å². The molecule has 0 aromatic heterocycles. The summed E-state index contributed by atoms with van der Waals surface area (Å²) in [5.74, 6) is 0.308. The van der Waals surface area contributed by atoms with Crippen molar-refractivity contribution in [2.45, 2.75) is 93.9 Å². The van der Waals surface area contributed by atoms with Crippen LogP contribution in [0.1, 0.15) is 58.3 Å². The van der Waals surface area contributed by atoms with E-state index in [0.29, 0.717) is 31.7 Å². The number of nitrogens with one attached hydrogen (secondary N) is 3. The quantitative estimate of drug-likeness (QED) is 0.451. The van der Waals surface area contributed by atoms with E-state index < -0.39 is 0 Å². The number of halogens is 1. The smallest absolute Gasteiger partial charge is 0.220 e. The molecular formula is C24H42ClN5O2. The molecule has 0 bridgehead atoms. The summed E-state index contributed by atoms with van der Waals surface area (Å²) < 4.78 is 6.07. The Bertz CT molecular complexity index is 642. The van der Waals surface area contributed by atoms with Crippen molar-refractivity contribution in [3.05, 3.63) is 0 Å². The first kappa shape index (κ1) is 25.7. The van der Waals surface area contributed by atoms with Crippen molar-refractivity contribution >= 4 is 17.5 Å². The Morgan fingerprint density at radius 1 is 1.28 bits per heavy atom.